The van der Waals surface area contributed by atoms with Gasteiger partial charge in [0.1, 0.15) is 30.6 Å². The Balaban J connectivity index is 0.000000163. The van der Waals surface area contributed by atoms with E-state index in [0.717, 1.165) is 83.3 Å². The zero-order chi connectivity index (χ0) is 81.3. The summed E-state index contributed by atoms with van der Waals surface area (Å²) in [6.45, 7) is -0.979. The average Bonchev–Trinajstić information content (AvgIpc) is 1.43. The zero-order valence-corrected chi connectivity index (χ0v) is 72.6. The number of esters is 2. The van der Waals surface area contributed by atoms with Gasteiger partial charge in [0.05, 0.1) is 64.8 Å². The van der Waals surface area contributed by atoms with Gasteiger partial charge in [-0.25, -0.2) is 15.0 Å². The molecule has 9 heterocycles. The maximum absolute atomic E-state index is 14.1. The molecule has 6 N–H and O–H groups in total. The summed E-state index contributed by atoms with van der Waals surface area (Å²) >= 11 is 6.23. The minimum absolute atomic E-state index is 0. The van der Waals surface area contributed by atoms with Crippen molar-refractivity contribution in [2.75, 3.05) is 19.8 Å². The van der Waals surface area contributed by atoms with Crippen molar-refractivity contribution in [3.05, 3.63) is 192 Å². The summed E-state index contributed by atoms with van der Waals surface area (Å²) in [6.07, 6.45) is 41.9. The van der Waals surface area contributed by atoms with E-state index in [4.69, 9.17) is 36.9 Å². The Bertz CT molecular complexity index is 4750. The quantitative estimate of drug-likeness (QED) is 0.0443. The second-order valence-corrected chi connectivity index (χ2v) is 35.2. The number of aliphatic hydroxyl groups is 3. The van der Waals surface area contributed by atoms with Crippen LogP contribution in [0.25, 0.3) is 33.1 Å². The fourth-order valence-electron chi connectivity index (χ4n) is 21.7. The molecule has 3 aliphatic carbocycles. The van der Waals surface area contributed by atoms with E-state index in [1.807, 2.05) is 147 Å². The predicted molar refractivity (Wildman–Crippen MR) is 478 cm³/mol. The molecule has 5 aromatic carbocycles. The smallest absolute Gasteiger partial charge is 0.325 e. The number of piperidine rings is 3. The van der Waals surface area contributed by atoms with E-state index < -0.39 is 55.6 Å². The first-order valence-corrected chi connectivity index (χ1v) is 44.7. The minimum atomic E-state index is -1.10. The maximum Gasteiger partial charge on any atom is 0.325 e. The highest BCUT2D eigenvalue weighted by Gasteiger charge is 2.48. The molecule has 22 nitrogen and oxygen atoms in total. The summed E-state index contributed by atoms with van der Waals surface area (Å²) in [6, 6.07) is 47.1. The van der Waals surface area contributed by atoms with Gasteiger partial charge in [0.2, 0.25) is 0 Å². The first-order valence-electron chi connectivity index (χ1n) is 44.4. The summed E-state index contributed by atoms with van der Waals surface area (Å²) in [5.41, 5.74) is 12.1. The minimum Gasteiger partial charge on any atom is -0.481 e. The van der Waals surface area contributed by atoms with Crippen LogP contribution in [0.1, 0.15) is 253 Å². The van der Waals surface area contributed by atoms with Crippen molar-refractivity contribution in [1.82, 2.24) is 43.4 Å². The van der Waals surface area contributed by atoms with Gasteiger partial charge >= 0.3 is 17.9 Å². The maximum atomic E-state index is 14.1. The van der Waals surface area contributed by atoms with E-state index in [1.54, 1.807) is 0 Å². The number of carbonyl (C=O) groups excluding carboxylic acids is 2. The van der Waals surface area contributed by atoms with Gasteiger partial charge in [-0.05, 0) is 163 Å². The number of fused-ring (bicyclic) bond motifs is 9. The second kappa shape index (κ2) is 45.4. The molecule has 26 heteroatoms. The van der Waals surface area contributed by atoms with Crippen molar-refractivity contribution in [3.8, 4) is 0 Å². The van der Waals surface area contributed by atoms with Gasteiger partial charge in [-0.15, -0.1) is 37.2 Å². The number of carboxylic acid groups (broad SMARTS) is 1. The number of carbonyl (C=O) groups is 3. The van der Waals surface area contributed by atoms with Crippen LogP contribution in [-0.4, -0.2) is 162 Å². The molecule has 17 rings (SSSR count). The number of halogens is 4. The van der Waals surface area contributed by atoms with E-state index in [2.05, 4.69) is 24.7 Å². The third kappa shape index (κ3) is 22.7. The number of hydrogen-bond acceptors (Lipinski definition) is 18. The lowest BCUT2D eigenvalue weighted by atomic mass is 9.89. The molecule has 0 amide bonds. The van der Waals surface area contributed by atoms with Crippen molar-refractivity contribution in [1.29, 1.82) is 0 Å². The molecule has 652 valence electrons. The van der Waals surface area contributed by atoms with E-state index >= 15 is 0 Å². The highest BCUT2D eigenvalue weighted by atomic mass is 35.5. The number of ether oxygens (including phenoxy) is 2. The number of carboxylic acids is 1. The molecule has 6 saturated heterocycles. The van der Waals surface area contributed by atoms with E-state index in [1.165, 1.54) is 173 Å². The standard InChI is InChI=1S/C34H43N3O4.C27H37N3O4.C23H30ClN3O.C10H13NO3.3ClH/c38-22-25(34(40)41-23-24-11-5-4-6-12-24)19-31-33(39)37(32-16-10-9-15-30(32)35-31)29-20-27-17-18-28(21-29)36(27)26-13-7-2-1-3-8-14-26;31-17-18(27(33)34)14-24-26(32)30(25-11-7-6-10-23(25)28-24)22-15-20-12-13-21(16-22)29(20)19-8-4-2-1-3-5-9-19;24-22-23(28)27(21-11-7-6-10-20(21)25-22)19-14-17-12-13-18(15-19)26(17)16-8-4-2-1-3-5-9-16;11-9(6-12)10(13)14-7-8-4-2-1-3-5-8;;;/h4-6,9-12,15-16,25-29,38H,1-3,7-8,13-14,17-23H2;6-7,10-11,18-22,31H,1-5,8-9,12-17H2,(H,33,34);6-7,10-11,16-19H,1-5,8-9,12-15H2;1-5,9,12H,6-7,11H2;3*1H/t25-,27-,28+,29?;18-,20-,21+,22?;17-,18+,19?;9-;;;/m00.0.../s1. The monoisotopic (exact) mass is 1730 g/mol. The normalized spacial score (nSPS) is 24.5. The Morgan fingerprint density at radius 2 is 0.658 bits per heavy atom. The van der Waals surface area contributed by atoms with Gasteiger partial charge in [0.15, 0.2) is 5.15 Å². The Morgan fingerprint density at radius 3 is 0.983 bits per heavy atom. The molecule has 8 aromatic rings. The Morgan fingerprint density at radius 1 is 0.367 bits per heavy atom. The van der Waals surface area contributed by atoms with Crippen LogP contribution in [-0.2, 0) is 49.9 Å². The Hall–Kier alpha value is -7.19. The summed E-state index contributed by atoms with van der Waals surface area (Å²) in [7, 11) is 0. The lowest BCUT2D eigenvalue weighted by Crippen LogP contribution is -2.50. The van der Waals surface area contributed by atoms with Crippen LogP contribution in [0.2, 0.25) is 5.15 Å². The van der Waals surface area contributed by atoms with E-state index in [0.29, 0.717) is 59.5 Å². The molecule has 120 heavy (non-hydrogen) atoms. The summed E-state index contributed by atoms with van der Waals surface area (Å²) in [4.78, 5) is 98.3. The van der Waals surface area contributed by atoms with Gasteiger partial charge in [0, 0.05) is 85.3 Å². The van der Waals surface area contributed by atoms with E-state index in [-0.39, 0.29) is 109 Å². The molecular weight excluding hydrogens is 1600 g/mol. The van der Waals surface area contributed by atoms with E-state index in [9.17, 15) is 44.1 Å². The van der Waals surface area contributed by atoms with Crippen molar-refractivity contribution < 1.29 is 44.3 Å². The summed E-state index contributed by atoms with van der Waals surface area (Å²) in [5, 5.41) is 37.7. The first-order chi connectivity index (χ1) is 57.1. The summed E-state index contributed by atoms with van der Waals surface area (Å²) in [5.74, 6) is -4.06. The number of hydrogen-bond donors (Lipinski definition) is 5. The highest BCUT2D eigenvalue weighted by Crippen LogP contribution is 2.48. The topological polar surface area (TPSA) is 291 Å². The van der Waals surface area contributed by atoms with Gasteiger partial charge < -0.3 is 49.3 Å². The van der Waals surface area contributed by atoms with Crippen molar-refractivity contribution in [2.24, 2.45) is 17.6 Å². The number of aliphatic hydroxyl groups excluding tert-OH is 3. The number of aromatic nitrogens is 6. The molecule has 6 aliphatic heterocycles. The molecule has 0 spiro atoms. The molecule has 9 fully saturated rings. The van der Waals surface area contributed by atoms with Crippen LogP contribution in [0.15, 0.2) is 148 Å². The third-order valence-corrected chi connectivity index (χ3v) is 27.6. The van der Waals surface area contributed by atoms with Crippen LogP contribution >= 0.6 is 48.8 Å². The van der Waals surface area contributed by atoms with Crippen LogP contribution < -0.4 is 22.4 Å². The molecule has 3 saturated carbocycles. The Kier molecular flexibility index (Phi) is 35.4. The zero-order valence-electron chi connectivity index (χ0n) is 69.4. The largest absolute Gasteiger partial charge is 0.481 e. The lowest BCUT2D eigenvalue weighted by molar-refractivity contribution is -0.151. The second-order valence-electron chi connectivity index (χ2n) is 34.9. The van der Waals surface area contributed by atoms with Crippen LogP contribution in [0.3, 0.4) is 0 Å². The van der Waals surface area contributed by atoms with Gasteiger partial charge in [-0.1, -0.05) is 205 Å². The molecule has 3 aromatic heterocycles. The lowest BCUT2D eigenvalue weighted by Gasteiger charge is -2.45. The SMILES string of the molecule is Cl.Cl.Cl.N[C@@H](CO)C(=O)OCc1ccccc1.O=C(O)[C@H](CO)Cc1nc2ccccc2n(C2C[C@H]3CC[C@@H](C2)N3C2CCCCCCC2)c1=O.O=C(OCc1ccccc1)[C@H](CO)Cc1nc2ccccc2n(C2C[C@H]3CC[C@@H](C2)N3C2CCCCCCC2)c1=O.O=c1c(Cl)nc2ccccc2n1C1C[C@H]2CC[C@@H](C1)N2C1CCCCCCC1. The number of benzene rings is 5. The number of aliphatic carboxylic acids is 1. The molecule has 12 atom stereocenters. The molecule has 3 unspecified atom stereocenters. The fourth-order valence-corrected chi connectivity index (χ4v) is 21.9. The van der Waals surface area contributed by atoms with Gasteiger partial charge in [-0.2, -0.15) is 0 Å². The molecule has 9 aliphatic rings. The van der Waals surface area contributed by atoms with Crippen LogP contribution in [0.5, 0.6) is 0 Å². The fraction of sp³-hybridized carbons (Fsp3) is 0.585. The summed E-state index contributed by atoms with van der Waals surface area (Å²) < 4.78 is 16.2. The van der Waals surface area contributed by atoms with Crippen molar-refractivity contribution in [2.45, 2.75) is 316 Å². The average molecular weight is 1730 g/mol. The van der Waals surface area contributed by atoms with Gasteiger partial charge in [-0.3, -0.25) is 43.5 Å². The number of nitrogens with two attached hydrogens (primary N) is 1. The van der Waals surface area contributed by atoms with Crippen LogP contribution in [0.4, 0.5) is 0 Å². The predicted octanol–water partition coefficient (Wildman–Crippen LogP) is 16.1. The first kappa shape index (κ1) is 93.5. The molecular formula is C94H126Cl4N10O12. The van der Waals surface area contributed by atoms with Crippen LogP contribution in [0, 0.1) is 11.8 Å². The van der Waals surface area contributed by atoms with Crippen molar-refractivity contribution in [3.63, 3.8) is 0 Å². The number of rotatable bonds is 20. The molecule has 0 radical (unpaired) electrons. The highest BCUT2D eigenvalue weighted by molar-refractivity contribution is 6.29. The van der Waals surface area contributed by atoms with Gasteiger partial charge in [0.25, 0.3) is 16.7 Å². The number of nitrogens with zero attached hydrogens (tertiary/aromatic N) is 9. The third-order valence-electron chi connectivity index (χ3n) is 27.3. The van der Waals surface area contributed by atoms with Crippen molar-refractivity contribution >= 4 is 99.8 Å². The number of para-hydroxylation sites is 6. The molecule has 6 bridgehead atoms. The Labute approximate surface area is 729 Å².